The molecule has 8 nitrogen and oxygen atoms in total. The molecule has 0 spiro atoms. The van der Waals surface area contributed by atoms with Crippen molar-refractivity contribution >= 4 is 23.3 Å². The van der Waals surface area contributed by atoms with Crippen LogP contribution in [-0.4, -0.2) is 16.8 Å². The summed E-state index contributed by atoms with van der Waals surface area (Å²) in [4.78, 5) is 40.6. The highest BCUT2D eigenvalue weighted by Gasteiger charge is 2.20. The lowest BCUT2D eigenvalue weighted by atomic mass is 10.2. The van der Waals surface area contributed by atoms with Crippen LogP contribution in [0.15, 0.2) is 18.2 Å². The number of benzene rings is 1. The Balaban J connectivity index is 3.14. The van der Waals surface area contributed by atoms with E-state index in [1.807, 2.05) is 0 Å². The Hall–Kier alpha value is -2.64. The summed E-state index contributed by atoms with van der Waals surface area (Å²) < 4.78 is 0. The van der Waals surface area contributed by atoms with Crippen molar-refractivity contribution in [2.75, 3.05) is 5.32 Å². The van der Waals surface area contributed by atoms with Gasteiger partial charge in [0.25, 0.3) is 5.69 Å². The standard InChI is InChI=1S/C10H10N2O6/c1-6(13)11-10-8(12(15)16)4-3-5-9(10)18-17-7(2)14/h3-5H,1-2H3,(H,11,13). The topological polar surface area (TPSA) is 108 Å². The Labute approximate surface area is 102 Å². The van der Waals surface area contributed by atoms with E-state index in [1.165, 1.54) is 25.1 Å². The van der Waals surface area contributed by atoms with Crippen molar-refractivity contribution in [2.24, 2.45) is 0 Å². The van der Waals surface area contributed by atoms with Crippen LogP contribution in [0, 0.1) is 10.1 Å². The van der Waals surface area contributed by atoms with Gasteiger partial charge in [0.2, 0.25) is 11.7 Å². The second-order valence-electron chi connectivity index (χ2n) is 3.25. The zero-order valence-electron chi connectivity index (χ0n) is 9.63. The maximum absolute atomic E-state index is 11.0. The second kappa shape index (κ2) is 5.62. The lowest BCUT2D eigenvalue weighted by Gasteiger charge is -2.09. The van der Waals surface area contributed by atoms with Crippen LogP contribution in [0.2, 0.25) is 0 Å². The Morgan fingerprint density at radius 1 is 1.33 bits per heavy atom. The van der Waals surface area contributed by atoms with Crippen LogP contribution in [0.5, 0.6) is 5.75 Å². The highest BCUT2D eigenvalue weighted by Crippen LogP contribution is 2.34. The number of hydrogen-bond acceptors (Lipinski definition) is 6. The lowest BCUT2D eigenvalue weighted by molar-refractivity contribution is -0.384. The van der Waals surface area contributed by atoms with Crippen LogP contribution in [-0.2, 0) is 14.5 Å². The molecule has 0 saturated carbocycles. The molecule has 0 unspecified atom stereocenters. The minimum atomic E-state index is -0.727. The maximum atomic E-state index is 11.0. The molecule has 0 bridgehead atoms. The molecule has 8 heteroatoms. The summed E-state index contributed by atoms with van der Waals surface area (Å²) in [6.45, 7) is 2.29. The smallest absolute Gasteiger partial charge is 0.317 e. The predicted molar refractivity (Wildman–Crippen MR) is 59.8 cm³/mol. The quantitative estimate of drug-likeness (QED) is 0.494. The highest BCUT2D eigenvalue weighted by atomic mass is 17.2. The van der Waals surface area contributed by atoms with Gasteiger partial charge < -0.3 is 5.32 Å². The van der Waals surface area contributed by atoms with Gasteiger partial charge in [-0.05, 0) is 6.07 Å². The molecule has 0 fully saturated rings. The molecule has 1 aromatic rings. The van der Waals surface area contributed by atoms with Crippen molar-refractivity contribution in [3.63, 3.8) is 0 Å². The zero-order chi connectivity index (χ0) is 13.7. The zero-order valence-corrected chi connectivity index (χ0v) is 9.63. The molecule has 0 aliphatic rings. The van der Waals surface area contributed by atoms with E-state index in [0.29, 0.717) is 0 Å². The minimum absolute atomic E-state index is 0.130. The maximum Gasteiger partial charge on any atom is 0.352 e. The summed E-state index contributed by atoms with van der Waals surface area (Å²) in [6.07, 6.45) is 0. The van der Waals surface area contributed by atoms with Crippen molar-refractivity contribution in [2.45, 2.75) is 13.8 Å². The Bertz CT molecular complexity index is 499. The first-order chi connectivity index (χ1) is 8.41. The lowest BCUT2D eigenvalue weighted by Crippen LogP contribution is -2.11. The van der Waals surface area contributed by atoms with Gasteiger partial charge in [0.05, 0.1) is 4.92 Å². The monoisotopic (exact) mass is 254 g/mol. The summed E-state index contributed by atoms with van der Waals surface area (Å²) >= 11 is 0. The molecule has 1 N–H and O–H groups in total. The third-order valence-electron chi connectivity index (χ3n) is 1.75. The number of nitro benzene ring substituents is 1. The summed E-state index contributed by atoms with van der Waals surface area (Å²) in [7, 11) is 0. The molecule has 1 aromatic carbocycles. The number of nitro groups is 1. The van der Waals surface area contributed by atoms with E-state index < -0.39 is 16.8 Å². The van der Waals surface area contributed by atoms with E-state index in [9.17, 15) is 19.7 Å². The van der Waals surface area contributed by atoms with Crippen LogP contribution in [0.3, 0.4) is 0 Å². The highest BCUT2D eigenvalue weighted by molar-refractivity contribution is 5.93. The average Bonchev–Trinajstić information content (AvgIpc) is 2.26. The first kappa shape index (κ1) is 13.4. The molecule has 0 atom stereocenters. The van der Waals surface area contributed by atoms with Gasteiger partial charge in [-0.1, -0.05) is 6.07 Å². The summed E-state index contributed by atoms with van der Waals surface area (Å²) in [5, 5.41) is 13.0. The fraction of sp³-hybridized carbons (Fsp3) is 0.200. The number of carbonyl (C=O) groups is 2. The summed E-state index contributed by atoms with van der Waals surface area (Å²) in [5.41, 5.74) is -0.536. The molecule has 0 aliphatic carbocycles. The largest absolute Gasteiger partial charge is 0.352 e. The van der Waals surface area contributed by atoms with Crippen molar-refractivity contribution in [3.8, 4) is 5.75 Å². The molecule has 1 rings (SSSR count). The Kier molecular flexibility index (Phi) is 4.19. The van der Waals surface area contributed by atoms with Crippen LogP contribution in [0.1, 0.15) is 13.8 Å². The summed E-state index contributed by atoms with van der Waals surface area (Å²) in [6, 6.07) is 3.84. The van der Waals surface area contributed by atoms with Crippen molar-refractivity contribution < 1.29 is 24.3 Å². The molecule has 96 valence electrons. The molecule has 18 heavy (non-hydrogen) atoms. The van der Waals surface area contributed by atoms with Gasteiger partial charge in [0.1, 0.15) is 0 Å². The van der Waals surface area contributed by atoms with Gasteiger partial charge in [-0.25, -0.2) is 4.79 Å². The number of nitrogens with zero attached hydrogens (tertiary/aromatic N) is 1. The van der Waals surface area contributed by atoms with Gasteiger partial charge in [0, 0.05) is 19.9 Å². The predicted octanol–water partition coefficient (Wildman–Crippen LogP) is 1.41. The van der Waals surface area contributed by atoms with E-state index in [0.717, 1.165) is 6.92 Å². The molecule has 0 aliphatic heterocycles. The van der Waals surface area contributed by atoms with E-state index >= 15 is 0 Å². The van der Waals surface area contributed by atoms with Gasteiger partial charge in [0.15, 0.2) is 5.69 Å². The number of amides is 1. The van der Waals surface area contributed by atoms with Crippen LogP contribution in [0.4, 0.5) is 11.4 Å². The molecule has 0 saturated heterocycles. The molecule has 0 heterocycles. The van der Waals surface area contributed by atoms with E-state index in [4.69, 9.17) is 0 Å². The van der Waals surface area contributed by atoms with E-state index in [2.05, 4.69) is 15.1 Å². The fourth-order valence-corrected chi connectivity index (χ4v) is 1.15. The molecule has 0 radical (unpaired) electrons. The second-order valence-corrected chi connectivity index (χ2v) is 3.25. The summed E-state index contributed by atoms with van der Waals surface area (Å²) in [5.74, 6) is -1.37. The van der Waals surface area contributed by atoms with Gasteiger partial charge >= 0.3 is 5.97 Å². The molecule has 0 aromatic heterocycles. The molecular formula is C10H10N2O6. The van der Waals surface area contributed by atoms with E-state index in [-0.39, 0.29) is 17.1 Å². The fourth-order valence-electron chi connectivity index (χ4n) is 1.15. The van der Waals surface area contributed by atoms with Crippen LogP contribution < -0.4 is 10.2 Å². The third kappa shape index (κ3) is 3.44. The van der Waals surface area contributed by atoms with Crippen LogP contribution >= 0.6 is 0 Å². The Morgan fingerprint density at radius 3 is 2.50 bits per heavy atom. The van der Waals surface area contributed by atoms with Crippen LogP contribution in [0.25, 0.3) is 0 Å². The molecular weight excluding hydrogens is 244 g/mol. The third-order valence-corrected chi connectivity index (χ3v) is 1.75. The van der Waals surface area contributed by atoms with Crippen molar-refractivity contribution in [1.29, 1.82) is 0 Å². The van der Waals surface area contributed by atoms with E-state index in [1.54, 1.807) is 0 Å². The van der Waals surface area contributed by atoms with Gasteiger partial charge in [-0.2, -0.15) is 0 Å². The number of rotatable bonds is 4. The normalized spacial score (nSPS) is 9.44. The minimum Gasteiger partial charge on any atom is -0.317 e. The van der Waals surface area contributed by atoms with Crippen molar-refractivity contribution in [3.05, 3.63) is 28.3 Å². The first-order valence-electron chi connectivity index (χ1n) is 4.82. The number of carbonyl (C=O) groups excluding carboxylic acids is 2. The van der Waals surface area contributed by atoms with Gasteiger partial charge in [-0.3, -0.25) is 24.7 Å². The number of para-hydroxylation sites is 1. The van der Waals surface area contributed by atoms with Gasteiger partial charge in [-0.15, -0.1) is 0 Å². The molecule has 1 amide bonds. The SMILES string of the molecule is CC(=O)Nc1c(OOC(C)=O)cccc1[N+](=O)[O-]. The van der Waals surface area contributed by atoms with Crippen molar-refractivity contribution in [1.82, 2.24) is 0 Å². The number of anilines is 1. The Morgan fingerprint density at radius 2 is 2.00 bits per heavy atom. The first-order valence-corrected chi connectivity index (χ1v) is 4.82. The number of nitrogens with one attached hydrogen (secondary N) is 1. The average molecular weight is 254 g/mol. The number of hydrogen-bond donors (Lipinski definition) is 1.